The topological polar surface area (TPSA) is 74.2 Å². The fraction of sp³-hybridized carbons (Fsp3) is 0.208. The second-order valence-electron chi connectivity index (χ2n) is 6.64. The van der Waals surface area contributed by atoms with Crippen molar-refractivity contribution in [2.75, 3.05) is 14.2 Å². The molecule has 1 N–H and O–H groups in total. The van der Waals surface area contributed by atoms with E-state index in [-0.39, 0.29) is 36.2 Å². The minimum absolute atomic E-state index is 0.0970. The molecular formula is C24H23ClO6. The molecule has 7 heteroatoms. The molecule has 0 aliphatic rings. The molecule has 0 spiro atoms. The average Bonchev–Trinajstić information content (AvgIpc) is 2.82. The zero-order valence-electron chi connectivity index (χ0n) is 17.3. The first-order chi connectivity index (χ1) is 15.1. The highest BCUT2D eigenvalue weighted by Gasteiger charge is 2.19. The first-order valence-corrected chi connectivity index (χ1v) is 9.90. The van der Waals surface area contributed by atoms with E-state index in [2.05, 4.69) is 0 Å². The van der Waals surface area contributed by atoms with Gasteiger partial charge in [0.05, 0.1) is 25.8 Å². The molecule has 0 heterocycles. The molecule has 0 aliphatic heterocycles. The van der Waals surface area contributed by atoms with Crippen molar-refractivity contribution in [1.29, 1.82) is 0 Å². The number of ether oxygens (including phenoxy) is 4. The molecule has 0 aliphatic carbocycles. The van der Waals surface area contributed by atoms with Crippen molar-refractivity contribution in [1.82, 2.24) is 0 Å². The summed E-state index contributed by atoms with van der Waals surface area (Å²) >= 11 is 6.45. The van der Waals surface area contributed by atoms with E-state index in [0.29, 0.717) is 17.6 Å². The summed E-state index contributed by atoms with van der Waals surface area (Å²) in [6.07, 6.45) is 0.599. The van der Waals surface area contributed by atoms with E-state index in [4.69, 9.17) is 30.5 Å². The van der Waals surface area contributed by atoms with E-state index in [1.165, 1.54) is 0 Å². The summed E-state index contributed by atoms with van der Waals surface area (Å²) in [5.41, 5.74) is 2.33. The highest BCUT2D eigenvalue weighted by Crippen LogP contribution is 2.40. The zero-order valence-corrected chi connectivity index (χ0v) is 18.0. The van der Waals surface area contributed by atoms with Crippen molar-refractivity contribution in [3.05, 3.63) is 81.9 Å². The Morgan fingerprint density at radius 3 is 1.84 bits per heavy atom. The number of methoxy groups -OCH3 is 2. The van der Waals surface area contributed by atoms with E-state index in [0.717, 1.165) is 22.6 Å². The van der Waals surface area contributed by atoms with Crippen molar-refractivity contribution in [2.45, 2.75) is 19.8 Å². The summed E-state index contributed by atoms with van der Waals surface area (Å²) in [7, 11) is 3.20. The zero-order chi connectivity index (χ0) is 22.2. The van der Waals surface area contributed by atoms with Gasteiger partial charge in [-0.2, -0.15) is 0 Å². The molecule has 0 amide bonds. The average molecular weight is 443 g/mol. The van der Waals surface area contributed by atoms with E-state index >= 15 is 0 Å². The summed E-state index contributed by atoms with van der Waals surface area (Å²) in [6, 6.07) is 16.4. The van der Waals surface area contributed by atoms with E-state index in [1.54, 1.807) is 20.3 Å². The molecule has 3 rings (SSSR count). The fourth-order valence-electron chi connectivity index (χ4n) is 2.93. The van der Waals surface area contributed by atoms with Crippen LogP contribution in [0.25, 0.3) is 0 Å². The lowest BCUT2D eigenvalue weighted by Gasteiger charge is -2.17. The summed E-state index contributed by atoms with van der Waals surface area (Å²) in [5, 5.41) is 9.75. The smallest absolute Gasteiger partial charge is 0.181 e. The number of aliphatic hydroxyl groups excluding tert-OH is 1. The van der Waals surface area contributed by atoms with E-state index < -0.39 is 0 Å². The van der Waals surface area contributed by atoms with Gasteiger partial charge in [-0.3, -0.25) is 4.79 Å². The van der Waals surface area contributed by atoms with Gasteiger partial charge in [-0.1, -0.05) is 35.9 Å². The minimum Gasteiger partial charge on any atom is -0.497 e. The number of carbonyl (C=O) groups excluding carboxylic acids is 1. The number of rotatable bonds is 10. The lowest BCUT2D eigenvalue weighted by molar-refractivity contribution is 0.112. The van der Waals surface area contributed by atoms with E-state index in [9.17, 15) is 9.90 Å². The van der Waals surface area contributed by atoms with Crippen LogP contribution < -0.4 is 18.9 Å². The number of hydrogen-bond acceptors (Lipinski definition) is 6. The van der Waals surface area contributed by atoms with Crippen molar-refractivity contribution in [2.24, 2.45) is 0 Å². The number of benzene rings is 3. The molecule has 0 aromatic heterocycles. The third-order valence-corrected chi connectivity index (χ3v) is 5.07. The van der Waals surface area contributed by atoms with Crippen LogP contribution in [0.3, 0.4) is 0 Å². The molecule has 31 heavy (non-hydrogen) atoms. The van der Waals surface area contributed by atoms with Crippen LogP contribution in [0.2, 0.25) is 5.02 Å². The molecular weight excluding hydrogens is 420 g/mol. The van der Waals surface area contributed by atoms with E-state index in [1.807, 2.05) is 48.5 Å². The van der Waals surface area contributed by atoms with Crippen molar-refractivity contribution in [3.8, 4) is 23.0 Å². The lowest BCUT2D eigenvalue weighted by atomic mass is 10.1. The molecule has 3 aromatic carbocycles. The number of halogens is 1. The van der Waals surface area contributed by atoms with Gasteiger partial charge in [0, 0.05) is 5.56 Å². The maximum Gasteiger partial charge on any atom is 0.181 e. The summed E-state index contributed by atoms with van der Waals surface area (Å²) in [5.74, 6) is 2.06. The van der Waals surface area contributed by atoms with Crippen LogP contribution in [0.15, 0.2) is 54.6 Å². The third kappa shape index (κ3) is 5.48. The number of aliphatic hydroxyl groups is 1. The van der Waals surface area contributed by atoms with Crippen LogP contribution in [-0.4, -0.2) is 25.6 Å². The van der Waals surface area contributed by atoms with Crippen LogP contribution in [0, 0.1) is 0 Å². The van der Waals surface area contributed by atoms with Crippen LogP contribution in [-0.2, 0) is 19.8 Å². The van der Waals surface area contributed by atoms with Crippen molar-refractivity contribution >= 4 is 17.9 Å². The second kappa shape index (κ2) is 10.7. The Balaban J connectivity index is 1.85. The number of carbonyl (C=O) groups is 1. The predicted octanol–water partition coefficient (Wildman–Crippen LogP) is 4.82. The summed E-state index contributed by atoms with van der Waals surface area (Å²) in [6.45, 7) is 0.0926. The third-order valence-electron chi connectivity index (χ3n) is 4.69. The largest absolute Gasteiger partial charge is 0.497 e. The molecule has 0 saturated heterocycles. The maximum atomic E-state index is 11.5. The van der Waals surface area contributed by atoms with Gasteiger partial charge < -0.3 is 24.1 Å². The van der Waals surface area contributed by atoms with Gasteiger partial charge >= 0.3 is 0 Å². The highest BCUT2D eigenvalue weighted by molar-refractivity contribution is 6.34. The lowest BCUT2D eigenvalue weighted by Crippen LogP contribution is -2.05. The highest BCUT2D eigenvalue weighted by atomic mass is 35.5. The standard InChI is InChI=1S/C24H23ClO6/c1-28-19-7-3-16(4-8-19)14-30-22-11-18(12-26)21(13-27)23(25)24(22)31-15-17-5-9-20(29-2)10-6-17/h3-11,13,26H,12,14-15H2,1-2H3. The Morgan fingerprint density at radius 1 is 0.871 bits per heavy atom. The van der Waals surface area contributed by atoms with Crippen molar-refractivity contribution < 1.29 is 28.8 Å². The van der Waals surface area contributed by atoms with Gasteiger partial charge in [0.1, 0.15) is 24.7 Å². The van der Waals surface area contributed by atoms with Gasteiger partial charge in [0.15, 0.2) is 17.8 Å². The molecule has 0 unspecified atom stereocenters. The molecule has 0 fully saturated rings. The Hall–Kier alpha value is -3.22. The van der Waals surface area contributed by atoms with Gasteiger partial charge in [-0.15, -0.1) is 0 Å². The van der Waals surface area contributed by atoms with Gasteiger partial charge in [0.2, 0.25) is 0 Å². The van der Waals surface area contributed by atoms with Crippen LogP contribution in [0.1, 0.15) is 27.0 Å². The first kappa shape index (κ1) is 22.5. The Labute approximate surface area is 185 Å². The Morgan fingerprint density at radius 2 is 1.39 bits per heavy atom. The fourth-order valence-corrected chi connectivity index (χ4v) is 3.25. The van der Waals surface area contributed by atoms with Crippen LogP contribution in [0.4, 0.5) is 0 Å². The van der Waals surface area contributed by atoms with Gasteiger partial charge in [0.25, 0.3) is 0 Å². The quantitative estimate of drug-likeness (QED) is 0.454. The Bertz CT molecular complexity index is 1020. The second-order valence-corrected chi connectivity index (χ2v) is 7.02. The molecule has 6 nitrogen and oxygen atoms in total. The minimum atomic E-state index is -0.356. The van der Waals surface area contributed by atoms with Crippen LogP contribution in [0.5, 0.6) is 23.0 Å². The molecule has 0 saturated carbocycles. The monoisotopic (exact) mass is 442 g/mol. The molecule has 3 aromatic rings. The predicted molar refractivity (Wildman–Crippen MR) is 117 cm³/mol. The first-order valence-electron chi connectivity index (χ1n) is 9.52. The molecule has 0 radical (unpaired) electrons. The number of aldehydes is 1. The summed E-state index contributed by atoms with van der Waals surface area (Å²) < 4.78 is 22.2. The molecule has 162 valence electrons. The van der Waals surface area contributed by atoms with Gasteiger partial charge in [-0.05, 0) is 47.0 Å². The SMILES string of the molecule is COc1ccc(COc2cc(CO)c(C=O)c(Cl)c2OCc2ccc(OC)cc2)cc1. The summed E-state index contributed by atoms with van der Waals surface area (Å²) in [4.78, 5) is 11.5. The molecule has 0 atom stereocenters. The normalized spacial score (nSPS) is 10.5. The maximum absolute atomic E-state index is 11.5. The van der Waals surface area contributed by atoms with Crippen LogP contribution >= 0.6 is 11.6 Å². The van der Waals surface area contributed by atoms with Gasteiger partial charge in [-0.25, -0.2) is 0 Å². The number of hydrogen-bond donors (Lipinski definition) is 1. The van der Waals surface area contributed by atoms with Crippen molar-refractivity contribution in [3.63, 3.8) is 0 Å². The Kier molecular flexibility index (Phi) is 7.76. The molecule has 0 bridgehead atoms.